The summed E-state index contributed by atoms with van der Waals surface area (Å²) in [4.78, 5) is 19.4. The highest BCUT2D eigenvalue weighted by Crippen LogP contribution is 2.28. The monoisotopic (exact) mass is 361 g/mol. The zero-order valence-corrected chi connectivity index (χ0v) is 15.4. The summed E-state index contributed by atoms with van der Waals surface area (Å²) in [5, 5.41) is 3.90. The number of benzene rings is 2. The predicted molar refractivity (Wildman–Crippen MR) is 108 cm³/mol. The molecule has 138 valence electrons. The van der Waals surface area contributed by atoms with Gasteiger partial charge < -0.3 is 15.0 Å². The number of nitrogens with one attached hydrogen (secondary N) is 1. The van der Waals surface area contributed by atoms with E-state index < -0.39 is 0 Å². The Bertz CT molecular complexity index is 965. The van der Waals surface area contributed by atoms with Crippen molar-refractivity contribution in [2.24, 2.45) is 0 Å². The van der Waals surface area contributed by atoms with E-state index in [0.29, 0.717) is 5.75 Å². The molecule has 0 bridgehead atoms. The number of pyridine rings is 1. The number of para-hydroxylation sites is 2. The Hall–Kier alpha value is -3.08. The third-order valence-electron chi connectivity index (χ3n) is 4.88. The molecule has 5 heteroatoms. The lowest BCUT2D eigenvalue weighted by molar-refractivity contribution is -0.118. The van der Waals surface area contributed by atoms with Crippen LogP contribution in [0.3, 0.4) is 0 Å². The van der Waals surface area contributed by atoms with E-state index in [9.17, 15) is 4.79 Å². The van der Waals surface area contributed by atoms with E-state index in [1.165, 1.54) is 12.8 Å². The topological polar surface area (TPSA) is 54.5 Å². The molecular weight excluding hydrogens is 338 g/mol. The summed E-state index contributed by atoms with van der Waals surface area (Å²) in [6.45, 7) is 3.99. The predicted octanol–water partition coefficient (Wildman–Crippen LogP) is 4.16. The Morgan fingerprint density at radius 3 is 2.70 bits per heavy atom. The lowest BCUT2D eigenvalue weighted by Crippen LogP contribution is -2.21. The van der Waals surface area contributed by atoms with Gasteiger partial charge in [-0.15, -0.1) is 0 Å². The van der Waals surface area contributed by atoms with Gasteiger partial charge in [0, 0.05) is 24.2 Å². The van der Waals surface area contributed by atoms with Crippen LogP contribution in [0.2, 0.25) is 0 Å². The van der Waals surface area contributed by atoms with Crippen LogP contribution >= 0.6 is 0 Å². The lowest BCUT2D eigenvalue weighted by Gasteiger charge is -2.17. The number of carbonyl (C=O) groups is 1. The van der Waals surface area contributed by atoms with Crippen LogP contribution in [0.1, 0.15) is 18.4 Å². The summed E-state index contributed by atoms with van der Waals surface area (Å²) >= 11 is 0. The number of nitrogens with zero attached hydrogens (tertiary/aromatic N) is 2. The van der Waals surface area contributed by atoms with Crippen molar-refractivity contribution in [3.63, 3.8) is 0 Å². The van der Waals surface area contributed by atoms with E-state index in [4.69, 9.17) is 9.72 Å². The molecule has 2 aromatic carbocycles. The van der Waals surface area contributed by atoms with Gasteiger partial charge in [0.25, 0.3) is 5.91 Å². The molecule has 27 heavy (non-hydrogen) atoms. The first-order chi connectivity index (χ1) is 13.2. The van der Waals surface area contributed by atoms with Crippen molar-refractivity contribution in [3.05, 3.63) is 60.2 Å². The van der Waals surface area contributed by atoms with Crippen molar-refractivity contribution < 1.29 is 9.53 Å². The van der Waals surface area contributed by atoms with Crippen LogP contribution in [0.15, 0.2) is 54.6 Å². The first-order valence-corrected chi connectivity index (χ1v) is 9.34. The van der Waals surface area contributed by atoms with Crippen molar-refractivity contribution in [2.45, 2.75) is 19.8 Å². The smallest absolute Gasteiger partial charge is 0.262 e. The number of carbonyl (C=O) groups excluding carboxylic acids is 1. The molecule has 1 fully saturated rings. The summed E-state index contributed by atoms with van der Waals surface area (Å²) in [5.41, 5.74) is 2.62. The van der Waals surface area contributed by atoms with Gasteiger partial charge >= 0.3 is 0 Å². The first-order valence-electron chi connectivity index (χ1n) is 9.34. The molecule has 0 atom stereocenters. The molecular formula is C22H23N3O2. The average molecular weight is 361 g/mol. The molecule has 0 radical (unpaired) electrons. The summed E-state index contributed by atoms with van der Waals surface area (Å²) in [6, 6.07) is 17.6. The van der Waals surface area contributed by atoms with Gasteiger partial charge in [-0.05, 0) is 49.6 Å². The van der Waals surface area contributed by atoms with Gasteiger partial charge in [-0.1, -0.05) is 30.3 Å². The third kappa shape index (κ3) is 3.87. The van der Waals surface area contributed by atoms with E-state index in [0.717, 1.165) is 41.1 Å². The van der Waals surface area contributed by atoms with Crippen molar-refractivity contribution in [2.75, 3.05) is 29.9 Å². The maximum atomic E-state index is 12.3. The van der Waals surface area contributed by atoms with Gasteiger partial charge in [-0.3, -0.25) is 4.79 Å². The van der Waals surface area contributed by atoms with Crippen LogP contribution in [0.4, 0.5) is 11.5 Å². The molecule has 0 spiro atoms. The minimum Gasteiger partial charge on any atom is -0.481 e. The number of aromatic nitrogens is 1. The van der Waals surface area contributed by atoms with Gasteiger partial charge in [-0.25, -0.2) is 4.98 Å². The maximum Gasteiger partial charge on any atom is 0.262 e. The Morgan fingerprint density at radius 1 is 1.07 bits per heavy atom. The molecule has 1 aliphatic rings. The average Bonchev–Trinajstić information content (AvgIpc) is 3.22. The summed E-state index contributed by atoms with van der Waals surface area (Å²) in [7, 11) is 0. The Balaban J connectivity index is 1.50. The van der Waals surface area contributed by atoms with Crippen molar-refractivity contribution in [1.29, 1.82) is 0 Å². The highest BCUT2D eigenvalue weighted by molar-refractivity contribution is 5.93. The third-order valence-corrected chi connectivity index (χ3v) is 4.88. The van der Waals surface area contributed by atoms with Gasteiger partial charge in [0.05, 0.1) is 0 Å². The molecule has 1 amide bonds. The quantitative estimate of drug-likeness (QED) is 0.741. The van der Waals surface area contributed by atoms with Gasteiger partial charge in [-0.2, -0.15) is 0 Å². The van der Waals surface area contributed by atoms with E-state index in [-0.39, 0.29) is 12.5 Å². The van der Waals surface area contributed by atoms with Crippen LogP contribution < -0.4 is 15.0 Å². The fourth-order valence-electron chi connectivity index (χ4n) is 3.39. The van der Waals surface area contributed by atoms with Crippen LogP contribution in [0.5, 0.6) is 5.75 Å². The number of ether oxygens (including phenoxy) is 1. The second-order valence-electron chi connectivity index (χ2n) is 6.84. The number of amides is 1. The standard InChI is InChI=1S/C22H23N3O2/c1-16-7-2-3-9-18(16)23-21(26)15-27-19-10-6-8-17-11-12-20(24-22(17)19)25-13-4-5-14-25/h2-3,6-12H,4-5,13-15H2,1H3,(H,23,26). The maximum absolute atomic E-state index is 12.3. The minimum atomic E-state index is -0.183. The van der Waals surface area contributed by atoms with Crippen molar-refractivity contribution in [3.8, 4) is 5.75 Å². The molecule has 0 saturated carbocycles. The largest absolute Gasteiger partial charge is 0.481 e. The fraction of sp³-hybridized carbons (Fsp3) is 0.273. The van der Waals surface area contributed by atoms with Crippen LogP contribution in [-0.2, 0) is 4.79 Å². The molecule has 4 rings (SSSR count). The molecule has 0 unspecified atom stereocenters. The van der Waals surface area contributed by atoms with E-state index in [1.807, 2.05) is 49.4 Å². The van der Waals surface area contributed by atoms with Crippen LogP contribution in [0, 0.1) is 6.92 Å². The molecule has 1 aromatic heterocycles. The van der Waals surface area contributed by atoms with Gasteiger partial charge in [0.2, 0.25) is 0 Å². The normalized spacial score (nSPS) is 13.7. The molecule has 0 aliphatic carbocycles. The highest BCUT2D eigenvalue weighted by Gasteiger charge is 2.15. The highest BCUT2D eigenvalue weighted by atomic mass is 16.5. The zero-order chi connectivity index (χ0) is 18.6. The van der Waals surface area contributed by atoms with Crippen molar-refractivity contribution >= 4 is 28.3 Å². The number of rotatable bonds is 5. The molecule has 2 heterocycles. The molecule has 1 saturated heterocycles. The fourth-order valence-corrected chi connectivity index (χ4v) is 3.39. The summed E-state index contributed by atoms with van der Waals surface area (Å²) < 4.78 is 5.82. The Labute approximate surface area is 159 Å². The number of anilines is 2. The molecule has 1 aliphatic heterocycles. The van der Waals surface area contributed by atoms with Crippen LogP contribution in [0.25, 0.3) is 10.9 Å². The lowest BCUT2D eigenvalue weighted by atomic mass is 10.2. The Morgan fingerprint density at radius 2 is 1.89 bits per heavy atom. The Kier molecular flexibility index (Phi) is 4.92. The number of fused-ring (bicyclic) bond motifs is 1. The van der Waals surface area contributed by atoms with Gasteiger partial charge in [0.15, 0.2) is 6.61 Å². The number of hydrogen-bond acceptors (Lipinski definition) is 4. The SMILES string of the molecule is Cc1ccccc1NC(=O)COc1cccc2ccc(N3CCCC3)nc12. The van der Waals surface area contributed by atoms with E-state index in [1.54, 1.807) is 0 Å². The molecule has 1 N–H and O–H groups in total. The first kappa shape index (κ1) is 17.3. The molecule has 3 aromatic rings. The summed E-state index contributed by atoms with van der Waals surface area (Å²) in [5.74, 6) is 1.42. The summed E-state index contributed by atoms with van der Waals surface area (Å²) in [6.07, 6.45) is 2.41. The van der Waals surface area contributed by atoms with E-state index >= 15 is 0 Å². The van der Waals surface area contributed by atoms with Crippen LogP contribution in [-0.4, -0.2) is 30.6 Å². The molecule has 5 nitrogen and oxygen atoms in total. The second-order valence-corrected chi connectivity index (χ2v) is 6.84. The zero-order valence-electron chi connectivity index (χ0n) is 15.4. The van der Waals surface area contributed by atoms with E-state index in [2.05, 4.69) is 22.3 Å². The van der Waals surface area contributed by atoms with Crippen molar-refractivity contribution in [1.82, 2.24) is 4.98 Å². The van der Waals surface area contributed by atoms with Gasteiger partial charge in [0.1, 0.15) is 17.1 Å². The number of aryl methyl sites for hydroxylation is 1. The number of hydrogen-bond donors (Lipinski definition) is 1. The minimum absolute atomic E-state index is 0.0525. The second kappa shape index (κ2) is 7.66.